The first-order valence-electron chi connectivity index (χ1n) is 9.56. The minimum Gasteiger partial charge on any atom is -0.410 e. The maximum Gasteiger partial charge on any atom is 0.270 e. The van der Waals surface area contributed by atoms with Gasteiger partial charge in [-0.3, -0.25) is 19.6 Å². The average molecular weight is 409 g/mol. The van der Waals surface area contributed by atoms with Gasteiger partial charge < -0.3 is 10.1 Å². The Morgan fingerprint density at radius 2 is 2.21 bits per heavy atom. The van der Waals surface area contributed by atoms with Crippen LogP contribution in [-0.4, -0.2) is 73.8 Å². The molecule has 0 bridgehead atoms. The fourth-order valence-corrected chi connectivity index (χ4v) is 3.78. The number of amides is 3. The van der Waals surface area contributed by atoms with Crippen molar-refractivity contribution in [3.63, 3.8) is 0 Å². The molecule has 10 nitrogen and oxygen atoms in total. The van der Waals surface area contributed by atoms with Crippen molar-refractivity contribution in [2.45, 2.75) is 44.3 Å². The first-order chi connectivity index (χ1) is 13.9. The summed E-state index contributed by atoms with van der Waals surface area (Å²) in [5, 5.41) is 23.1. The Morgan fingerprint density at radius 1 is 1.45 bits per heavy atom. The van der Waals surface area contributed by atoms with Gasteiger partial charge in [0.1, 0.15) is 12.2 Å². The molecule has 1 saturated carbocycles. The van der Waals surface area contributed by atoms with E-state index in [-0.39, 0.29) is 31.4 Å². The quantitative estimate of drug-likeness (QED) is 0.285. The average Bonchev–Trinajstić information content (AvgIpc) is 3.06. The predicted molar refractivity (Wildman–Crippen MR) is 95.0 cm³/mol. The Bertz CT molecular complexity index is 827. The Balaban J connectivity index is 1.80. The maximum atomic E-state index is 14.1. The molecule has 3 amide bonds. The molecule has 2 aliphatic rings. The molecule has 3 atom stereocenters. The van der Waals surface area contributed by atoms with E-state index < -0.39 is 29.9 Å². The van der Waals surface area contributed by atoms with Crippen LogP contribution >= 0.6 is 0 Å². The molecule has 2 fully saturated rings. The summed E-state index contributed by atoms with van der Waals surface area (Å²) in [4.78, 5) is 41.8. The number of nitrogens with zero attached hydrogens (tertiary/aromatic N) is 5. The maximum absolute atomic E-state index is 14.1. The van der Waals surface area contributed by atoms with Gasteiger partial charge in [0, 0.05) is 6.42 Å². The van der Waals surface area contributed by atoms with Crippen LogP contribution in [-0.2, 0) is 14.4 Å². The van der Waals surface area contributed by atoms with E-state index in [0.29, 0.717) is 22.2 Å². The van der Waals surface area contributed by atoms with Gasteiger partial charge in [0.2, 0.25) is 12.3 Å². The van der Waals surface area contributed by atoms with E-state index in [1.165, 1.54) is 18.3 Å². The minimum absolute atomic E-state index is 0.138. The molecule has 3 unspecified atom stereocenters. The number of carbonyl (C=O) groups is 3. The van der Waals surface area contributed by atoms with Crippen LogP contribution in [0.2, 0.25) is 0 Å². The van der Waals surface area contributed by atoms with Crippen molar-refractivity contribution in [3.8, 4) is 0 Å². The summed E-state index contributed by atoms with van der Waals surface area (Å²) in [6.07, 6.45) is 3.34. The van der Waals surface area contributed by atoms with E-state index in [1.54, 1.807) is 0 Å². The summed E-state index contributed by atoms with van der Waals surface area (Å²) in [6.45, 7) is -0.478. The van der Waals surface area contributed by atoms with Crippen LogP contribution in [0.3, 0.4) is 0 Å². The molecule has 1 aliphatic heterocycles. The highest BCUT2D eigenvalue weighted by molar-refractivity contribution is 5.90. The topological polar surface area (TPSA) is 128 Å². The summed E-state index contributed by atoms with van der Waals surface area (Å²) in [5.41, 5.74) is -0.138. The van der Waals surface area contributed by atoms with Crippen molar-refractivity contribution in [2.75, 3.05) is 13.1 Å². The van der Waals surface area contributed by atoms with Crippen LogP contribution < -0.4 is 5.49 Å². The number of halogens is 1. The van der Waals surface area contributed by atoms with Crippen LogP contribution in [0.1, 0.15) is 32.1 Å². The molecular formula is C18H24FN5O5. The lowest BCUT2D eigenvalue weighted by Gasteiger charge is -2.33. The highest BCUT2D eigenvalue weighted by Crippen LogP contribution is 2.34. The van der Waals surface area contributed by atoms with E-state index in [0.717, 1.165) is 24.2 Å². The molecule has 3 rings (SSSR count). The summed E-state index contributed by atoms with van der Waals surface area (Å²) in [5.74, 6) is -1.70. The smallest absolute Gasteiger partial charge is 0.270 e. The van der Waals surface area contributed by atoms with Crippen molar-refractivity contribution in [3.05, 3.63) is 23.8 Å². The second-order valence-electron chi connectivity index (χ2n) is 7.52. The zero-order valence-corrected chi connectivity index (χ0v) is 15.8. The summed E-state index contributed by atoms with van der Waals surface area (Å²) < 4.78 is 14.1. The minimum atomic E-state index is -1.39. The first kappa shape index (κ1) is 20.9. The molecule has 29 heavy (non-hydrogen) atoms. The number of hydroxylamine groups is 2. The number of rotatable bonds is 7. The molecule has 1 saturated heterocycles. The van der Waals surface area contributed by atoms with Crippen LogP contribution in [0, 0.1) is 11.8 Å². The molecule has 1 aromatic heterocycles. The second-order valence-corrected chi connectivity index (χ2v) is 7.52. The summed E-state index contributed by atoms with van der Waals surface area (Å²) in [6, 6.07) is 1.70. The zero-order chi connectivity index (χ0) is 21.0. The van der Waals surface area contributed by atoms with Gasteiger partial charge in [-0.2, -0.15) is 4.99 Å². The normalized spacial score (nSPS) is 23.5. The molecule has 1 aliphatic carbocycles. The zero-order valence-electron chi connectivity index (χ0n) is 15.8. The van der Waals surface area contributed by atoms with E-state index in [1.807, 2.05) is 0 Å². The number of hydrogen-bond acceptors (Lipinski definition) is 6. The number of alkyl halides is 1. The lowest BCUT2D eigenvalue weighted by atomic mass is 9.78. The Labute approximate surface area is 166 Å². The fraction of sp³-hybridized carbons (Fsp3) is 0.611. The number of carbonyl (C=O) groups excluding carboxylic acids is 3. The van der Waals surface area contributed by atoms with Gasteiger partial charge in [0.15, 0.2) is 5.49 Å². The van der Waals surface area contributed by atoms with Crippen LogP contribution in [0.25, 0.3) is 0 Å². The van der Waals surface area contributed by atoms with Crippen molar-refractivity contribution in [2.24, 2.45) is 16.8 Å². The van der Waals surface area contributed by atoms with E-state index in [2.05, 4.69) is 10.1 Å². The molecular weight excluding hydrogens is 385 g/mol. The molecule has 11 heteroatoms. The Morgan fingerprint density at radius 3 is 2.83 bits per heavy atom. The number of likely N-dealkylation sites (tertiary alicyclic amines) is 1. The largest absolute Gasteiger partial charge is 0.410 e. The van der Waals surface area contributed by atoms with Crippen molar-refractivity contribution in [1.82, 2.24) is 19.9 Å². The van der Waals surface area contributed by atoms with Gasteiger partial charge >= 0.3 is 0 Å². The summed E-state index contributed by atoms with van der Waals surface area (Å²) >= 11 is 0. The third-order valence-electron chi connectivity index (χ3n) is 5.48. The SMILES string of the molecule is O=CN(O)CC(CC1CCC1)C(=O)N1CC(F)CC1C(=O)N=c1cccnn1O. The summed E-state index contributed by atoms with van der Waals surface area (Å²) in [7, 11) is 0. The molecule has 2 heterocycles. The highest BCUT2D eigenvalue weighted by Gasteiger charge is 2.42. The van der Waals surface area contributed by atoms with Crippen LogP contribution in [0.4, 0.5) is 4.39 Å². The fourth-order valence-electron chi connectivity index (χ4n) is 3.78. The Hall–Kier alpha value is -2.82. The molecule has 158 valence electrons. The number of aromatic nitrogens is 2. The Kier molecular flexibility index (Phi) is 6.57. The van der Waals surface area contributed by atoms with Crippen LogP contribution in [0.5, 0.6) is 0 Å². The third kappa shape index (κ3) is 4.97. The van der Waals surface area contributed by atoms with E-state index in [4.69, 9.17) is 0 Å². The van der Waals surface area contributed by atoms with Crippen molar-refractivity contribution in [1.29, 1.82) is 0 Å². The molecule has 0 radical (unpaired) electrons. The van der Waals surface area contributed by atoms with E-state index in [9.17, 15) is 29.2 Å². The van der Waals surface area contributed by atoms with Gasteiger partial charge in [-0.05, 0) is 24.5 Å². The van der Waals surface area contributed by atoms with E-state index >= 15 is 0 Å². The van der Waals surface area contributed by atoms with Crippen molar-refractivity contribution < 1.29 is 29.2 Å². The van der Waals surface area contributed by atoms with Gasteiger partial charge in [-0.25, -0.2) is 9.45 Å². The molecule has 2 N–H and O–H groups in total. The second kappa shape index (κ2) is 9.12. The predicted octanol–water partition coefficient (Wildman–Crippen LogP) is 0.141. The standard InChI is InChI=1S/C18H24FN5O5/c19-14-8-15(17(26)21-16-5-2-6-20-24(16)29)23(10-14)18(27)13(9-22(28)11-25)7-12-3-1-4-12/h2,5-6,11-15,28-29H,1,3-4,7-10H2. The third-order valence-corrected chi connectivity index (χ3v) is 5.48. The van der Waals surface area contributed by atoms with Gasteiger partial charge in [0.05, 0.1) is 25.2 Å². The lowest BCUT2D eigenvalue weighted by molar-refractivity contribution is -0.158. The number of hydrogen-bond donors (Lipinski definition) is 2. The van der Waals surface area contributed by atoms with Gasteiger partial charge in [-0.15, -0.1) is 5.10 Å². The highest BCUT2D eigenvalue weighted by atomic mass is 19.1. The first-order valence-corrected chi connectivity index (χ1v) is 9.56. The molecule has 1 aromatic rings. The molecule has 0 aromatic carbocycles. The lowest BCUT2D eigenvalue weighted by Crippen LogP contribution is -2.47. The van der Waals surface area contributed by atoms with Gasteiger partial charge in [0.25, 0.3) is 5.91 Å². The van der Waals surface area contributed by atoms with Crippen LogP contribution in [0.15, 0.2) is 23.3 Å². The molecule has 0 spiro atoms. The monoisotopic (exact) mass is 409 g/mol. The van der Waals surface area contributed by atoms with Gasteiger partial charge in [-0.1, -0.05) is 24.1 Å². The van der Waals surface area contributed by atoms with Crippen molar-refractivity contribution >= 4 is 18.2 Å².